The van der Waals surface area contributed by atoms with E-state index in [0.29, 0.717) is 16.9 Å². The normalized spacial score (nSPS) is 16.2. The second kappa shape index (κ2) is 8.72. The van der Waals surface area contributed by atoms with Crippen molar-refractivity contribution in [1.82, 2.24) is 20.0 Å². The van der Waals surface area contributed by atoms with Crippen LogP contribution in [-0.2, 0) is 12.2 Å². The Morgan fingerprint density at radius 2 is 1.87 bits per heavy atom. The molecule has 3 aromatic rings. The van der Waals surface area contributed by atoms with Gasteiger partial charge in [0.15, 0.2) is 0 Å². The maximum atomic E-state index is 12.7. The number of ether oxygens (including phenoxy) is 1. The number of hydrogen-bond acceptors (Lipinski definition) is 7. The monoisotopic (exact) mass is 436 g/mol. The van der Waals surface area contributed by atoms with Crippen LogP contribution in [0.3, 0.4) is 0 Å². The van der Waals surface area contributed by atoms with Gasteiger partial charge in [-0.25, -0.2) is 0 Å². The van der Waals surface area contributed by atoms with Crippen molar-refractivity contribution in [1.29, 1.82) is 0 Å². The Morgan fingerprint density at radius 3 is 2.68 bits per heavy atom. The Kier molecular flexibility index (Phi) is 5.65. The first-order valence-corrected chi connectivity index (χ1v) is 11.4. The van der Waals surface area contributed by atoms with Crippen LogP contribution < -0.4 is 4.74 Å². The van der Waals surface area contributed by atoms with Crippen LogP contribution in [0.2, 0.25) is 0 Å². The third kappa shape index (κ3) is 4.45. The zero-order valence-corrected chi connectivity index (χ0v) is 18.2. The molecule has 0 bridgehead atoms. The molecule has 2 aliphatic heterocycles. The maximum absolute atomic E-state index is 12.7. The molecular formula is C23H24N4O3S. The maximum Gasteiger partial charge on any atom is 0.277 e. The molecule has 1 fully saturated rings. The highest BCUT2D eigenvalue weighted by molar-refractivity contribution is 7.98. The van der Waals surface area contributed by atoms with Crippen LogP contribution in [0.5, 0.6) is 5.75 Å². The molecule has 8 heteroatoms. The zero-order chi connectivity index (χ0) is 21.2. The smallest absolute Gasteiger partial charge is 0.277 e. The number of piperazine rings is 1. The topological polar surface area (TPSA) is 71.7 Å². The first-order valence-electron chi connectivity index (χ1n) is 10.4. The lowest BCUT2D eigenvalue weighted by molar-refractivity contribution is 0.0664. The zero-order valence-electron chi connectivity index (χ0n) is 17.4. The Bertz CT molecular complexity index is 1070. The van der Waals surface area contributed by atoms with E-state index in [9.17, 15) is 4.79 Å². The average Bonchev–Trinajstić information content (AvgIpc) is 3.47. The highest BCUT2D eigenvalue weighted by Crippen LogP contribution is 2.31. The first kappa shape index (κ1) is 20.1. The van der Waals surface area contributed by atoms with Gasteiger partial charge in [0.2, 0.25) is 5.89 Å². The Hall–Kier alpha value is -2.84. The summed E-state index contributed by atoms with van der Waals surface area (Å²) in [6.07, 6.45) is 0.909. The van der Waals surface area contributed by atoms with E-state index in [1.165, 1.54) is 17.3 Å². The molecule has 31 heavy (non-hydrogen) atoms. The summed E-state index contributed by atoms with van der Waals surface area (Å²) in [6, 6.07) is 13.8. The minimum absolute atomic E-state index is 0.105. The summed E-state index contributed by atoms with van der Waals surface area (Å²) >= 11 is 1.49. The van der Waals surface area contributed by atoms with Crippen LogP contribution >= 0.6 is 11.8 Å². The van der Waals surface area contributed by atoms with E-state index >= 15 is 0 Å². The second-order valence-corrected chi connectivity index (χ2v) is 8.80. The molecule has 160 valence electrons. The fourth-order valence-electron chi connectivity index (χ4n) is 3.79. The predicted octanol–water partition coefficient (Wildman–Crippen LogP) is 3.35. The largest absolute Gasteiger partial charge is 0.493 e. The highest BCUT2D eigenvalue weighted by Gasteiger charge is 2.20. The summed E-state index contributed by atoms with van der Waals surface area (Å²) in [5.74, 6) is 2.26. The molecule has 1 saturated heterocycles. The molecule has 2 aromatic carbocycles. The van der Waals surface area contributed by atoms with E-state index in [1.54, 1.807) is 0 Å². The van der Waals surface area contributed by atoms with Gasteiger partial charge >= 0.3 is 0 Å². The Morgan fingerprint density at radius 1 is 1.06 bits per heavy atom. The summed E-state index contributed by atoms with van der Waals surface area (Å²) in [7, 11) is 2.08. The number of rotatable bonds is 5. The van der Waals surface area contributed by atoms with E-state index in [0.717, 1.165) is 61.6 Å². The molecule has 1 aromatic heterocycles. The van der Waals surface area contributed by atoms with Crippen LogP contribution in [0.25, 0.3) is 11.5 Å². The molecule has 3 heterocycles. The van der Waals surface area contributed by atoms with Gasteiger partial charge in [-0.2, -0.15) is 0 Å². The number of nitrogens with zero attached hydrogens (tertiary/aromatic N) is 4. The molecule has 5 rings (SSSR count). The van der Waals surface area contributed by atoms with Crippen molar-refractivity contribution in [2.45, 2.75) is 17.4 Å². The molecular weight excluding hydrogens is 412 g/mol. The van der Waals surface area contributed by atoms with Crippen LogP contribution in [0.15, 0.2) is 52.1 Å². The fraction of sp³-hybridized carbons (Fsp3) is 0.348. The molecule has 0 spiro atoms. The van der Waals surface area contributed by atoms with Crippen molar-refractivity contribution in [3.05, 3.63) is 59.2 Å². The van der Waals surface area contributed by atoms with E-state index < -0.39 is 0 Å². The van der Waals surface area contributed by atoms with Crippen LogP contribution in [0, 0.1) is 0 Å². The summed E-state index contributed by atoms with van der Waals surface area (Å²) in [5, 5.41) is 8.88. The molecule has 2 aliphatic rings. The molecule has 0 aliphatic carbocycles. The van der Waals surface area contributed by atoms with Gasteiger partial charge in [-0.05, 0) is 48.5 Å². The number of carbonyl (C=O) groups is 1. The fourth-order valence-corrected chi connectivity index (χ4v) is 4.50. The van der Waals surface area contributed by atoms with E-state index in [2.05, 4.69) is 28.2 Å². The first-order chi connectivity index (χ1) is 15.2. The lowest BCUT2D eigenvalue weighted by Crippen LogP contribution is -2.47. The average molecular weight is 437 g/mol. The molecule has 0 N–H and O–H groups in total. The lowest BCUT2D eigenvalue weighted by Gasteiger charge is -2.32. The van der Waals surface area contributed by atoms with Gasteiger partial charge in [-0.1, -0.05) is 23.9 Å². The highest BCUT2D eigenvalue weighted by atomic mass is 32.2. The number of fused-ring (bicyclic) bond motifs is 1. The van der Waals surface area contributed by atoms with Crippen molar-refractivity contribution in [3.63, 3.8) is 0 Å². The summed E-state index contributed by atoms with van der Waals surface area (Å²) in [4.78, 5) is 16.8. The number of carbonyl (C=O) groups excluding carboxylic acids is 1. The summed E-state index contributed by atoms with van der Waals surface area (Å²) < 4.78 is 11.4. The van der Waals surface area contributed by atoms with Gasteiger partial charge < -0.3 is 19.0 Å². The number of amides is 1. The Balaban J connectivity index is 1.18. The van der Waals surface area contributed by atoms with Gasteiger partial charge in [-0.15, -0.1) is 10.2 Å². The number of hydrogen-bond donors (Lipinski definition) is 0. The quantitative estimate of drug-likeness (QED) is 0.568. The standard InChI is InChI=1S/C23H24N4O3S/c1-26-9-11-27(12-10-26)22(28)17-4-2-16(3-5-17)15-31-23-25-24-21(30-23)19-6-7-20-18(14-19)8-13-29-20/h2-7,14H,8-13,15H2,1H3. The third-order valence-electron chi connectivity index (χ3n) is 5.70. The second-order valence-electron chi connectivity index (χ2n) is 7.88. The predicted molar refractivity (Wildman–Crippen MR) is 118 cm³/mol. The van der Waals surface area contributed by atoms with Gasteiger partial charge in [0, 0.05) is 49.5 Å². The van der Waals surface area contributed by atoms with Crippen LogP contribution in [0.1, 0.15) is 21.5 Å². The summed E-state index contributed by atoms with van der Waals surface area (Å²) in [5.41, 5.74) is 3.93. The summed E-state index contributed by atoms with van der Waals surface area (Å²) in [6.45, 7) is 4.13. The molecule has 0 saturated carbocycles. The van der Waals surface area contributed by atoms with E-state index in [1.807, 2.05) is 41.3 Å². The van der Waals surface area contributed by atoms with Gasteiger partial charge in [-0.3, -0.25) is 4.79 Å². The van der Waals surface area contributed by atoms with E-state index in [-0.39, 0.29) is 5.91 Å². The third-order valence-corrected chi connectivity index (χ3v) is 6.59. The van der Waals surface area contributed by atoms with E-state index in [4.69, 9.17) is 9.15 Å². The van der Waals surface area contributed by atoms with Crippen molar-refractivity contribution in [2.75, 3.05) is 39.8 Å². The van der Waals surface area contributed by atoms with Crippen molar-refractivity contribution in [3.8, 4) is 17.2 Å². The number of thioether (sulfide) groups is 1. The Labute approximate surface area is 185 Å². The van der Waals surface area contributed by atoms with Crippen molar-refractivity contribution >= 4 is 17.7 Å². The number of aromatic nitrogens is 2. The van der Waals surface area contributed by atoms with Crippen molar-refractivity contribution in [2.24, 2.45) is 0 Å². The minimum atomic E-state index is 0.105. The SMILES string of the molecule is CN1CCN(C(=O)c2ccc(CSc3nnc(-c4ccc5c(c4)CCO5)o3)cc2)CC1. The minimum Gasteiger partial charge on any atom is -0.493 e. The van der Waals surface area contributed by atoms with Gasteiger partial charge in [0.1, 0.15) is 5.75 Å². The molecule has 1 amide bonds. The van der Waals surface area contributed by atoms with Gasteiger partial charge in [0.25, 0.3) is 11.1 Å². The lowest BCUT2D eigenvalue weighted by atomic mass is 10.1. The molecule has 0 unspecified atom stereocenters. The molecule has 0 radical (unpaired) electrons. The van der Waals surface area contributed by atoms with Crippen LogP contribution in [-0.4, -0.2) is 65.7 Å². The van der Waals surface area contributed by atoms with Crippen molar-refractivity contribution < 1.29 is 13.9 Å². The number of benzene rings is 2. The van der Waals surface area contributed by atoms with Gasteiger partial charge in [0.05, 0.1) is 6.61 Å². The number of likely N-dealkylation sites (N-methyl/N-ethyl adjacent to an activating group) is 1. The molecule has 0 atom stereocenters. The van der Waals surface area contributed by atoms with Crippen LogP contribution in [0.4, 0.5) is 0 Å². The molecule has 7 nitrogen and oxygen atoms in total.